The first kappa shape index (κ1) is 23.8. The van der Waals surface area contributed by atoms with Crippen LogP contribution >= 0.6 is 23.2 Å². The molecule has 1 saturated heterocycles. The van der Waals surface area contributed by atoms with Crippen LogP contribution in [-0.2, 0) is 9.59 Å². The SMILES string of the molecule is O=C(CCNC(=O)c1ccc(F)cc1Cl)NCC(=O)N1CCN(c2ccc(Cl)cc2)CC1. The lowest BCUT2D eigenvalue weighted by Crippen LogP contribution is -2.51. The lowest BCUT2D eigenvalue weighted by atomic mass is 10.2. The number of benzene rings is 2. The van der Waals surface area contributed by atoms with Gasteiger partial charge in [-0.25, -0.2) is 4.39 Å². The van der Waals surface area contributed by atoms with Gasteiger partial charge in [0.2, 0.25) is 11.8 Å². The van der Waals surface area contributed by atoms with E-state index in [0.29, 0.717) is 31.2 Å². The molecule has 7 nitrogen and oxygen atoms in total. The standard InChI is InChI=1S/C22H23Cl2FN4O3/c23-15-1-4-17(5-2-15)28-9-11-29(12-10-28)21(31)14-27-20(30)7-8-26-22(32)18-6-3-16(25)13-19(18)24/h1-6,13H,7-12,14H2,(H,26,32)(H,27,30). The summed E-state index contributed by atoms with van der Waals surface area (Å²) in [6, 6.07) is 11.0. The molecule has 0 unspecified atom stereocenters. The number of nitrogens with one attached hydrogen (secondary N) is 2. The molecule has 0 spiro atoms. The zero-order chi connectivity index (χ0) is 23.1. The Hall–Kier alpha value is -2.84. The van der Waals surface area contributed by atoms with Gasteiger partial charge in [-0.3, -0.25) is 14.4 Å². The Balaban J connectivity index is 1.34. The third-order valence-electron chi connectivity index (χ3n) is 5.07. The van der Waals surface area contributed by atoms with E-state index < -0.39 is 11.7 Å². The first-order chi connectivity index (χ1) is 15.3. The molecule has 1 aliphatic rings. The van der Waals surface area contributed by atoms with Crippen LogP contribution in [0.5, 0.6) is 0 Å². The molecule has 2 N–H and O–H groups in total. The maximum Gasteiger partial charge on any atom is 0.252 e. The lowest BCUT2D eigenvalue weighted by Gasteiger charge is -2.36. The van der Waals surface area contributed by atoms with Crippen LogP contribution < -0.4 is 15.5 Å². The summed E-state index contributed by atoms with van der Waals surface area (Å²) in [7, 11) is 0. The number of carbonyl (C=O) groups is 3. The molecule has 10 heteroatoms. The van der Waals surface area contributed by atoms with Crippen molar-refractivity contribution in [1.82, 2.24) is 15.5 Å². The number of carbonyl (C=O) groups excluding carboxylic acids is 3. The normalized spacial score (nSPS) is 13.6. The minimum atomic E-state index is -0.540. The van der Waals surface area contributed by atoms with Crippen molar-refractivity contribution >= 4 is 46.6 Å². The van der Waals surface area contributed by atoms with Gasteiger partial charge < -0.3 is 20.4 Å². The van der Waals surface area contributed by atoms with Gasteiger partial charge in [-0.05, 0) is 42.5 Å². The van der Waals surface area contributed by atoms with E-state index in [1.807, 2.05) is 24.3 Å². The van der Waals surface area contributed by atoms with Crippen molar-refractivity contribution < 1.29 is 18.8 Å². The molecule has 2 aromatic carbocycles. The molecule has 0 atom stereocenters. The van der Waals surface area contributed by atoms with Crippen LogP contribution in [0.4, 0.5) is 10.1 Å². The number of hydrogen-bond acceptors (Lipinski definition) is 4. The summed E-state index contributed by atoms with van der Waals surface area (Å²) in [5.74, 6) is -1.56. The summed E-state index contributed by atoms with van der Waals surface area (Å²) in [4.78, 5) is 40.3. The Morgan fingerprint density at radius 2 is 1.62 bits per heavy atom. The highest BCUT2D eigenvalue weighted by molar-refractivity contribution is 6.33. The highest BCUT2D eigenvalue weighted by atomic mass is 35.5. The molecule has 170 valence electrons. The average Bonchev–Trinajstić information content (AvgIpc) is 2.78. The lowest BCUT2D eigenvalue weighted by molar-refractivity contribution is -0.133. The van der Waals surface area contributed by atoms with Gasteiger partial charge >= 0.3 is 0 Å². The van der Waals surface area contributed by atoms with E-state index in [1.54, 1.807) is 4.90 Å². The van der Waals surface area contributed by atoms with Crippen molar-refractivity contribution in [3.8, 4) is 0 Å². The maximum absolute atomic E-state index is 13.1. The van der Waals surface area contributed by atoms with Gasteiger partial charge in [0.05, 0.1) is 17.1 Å². The van der Waals surface area contributed by atoms with Crippen molar-refractivity contribution in [2.75, 3.05) is 44.2 Å². The van der Waals surface area contributed by atoms with Gasteiger partial charge in [0.1, 0.15) is 5.82 Å². The fraction of sp³-hybridized carbons (Fsp3) is 0.318. The smallest absolute Gasteiger partial charge is 0.252 e. The van der Waals surface area contributed by atoms with Crippen molar-refractivity contribution in [2.45, 2.75) is 6.42 Å². The summed E-state index contributed by atoms with van der Waals surface area (Å²) < 4.78 is 13.1. The number of anilines is 1. The molecule has 0 saturated carbocycles. The molecule has 1 aliphatic heterocycles. The van der Waals surface area contributed by atoms with E-state index in [2.05, 4.69) is 15.5 Å². The largest absolute Gasteiger partial charge is 0.368 e. The second kappa shape index (κ2) is 11.2. The van der Waals surface area contributed by atoms with Crippen molar-refractivity contribution in [2.24, 2.45) is 0 Å². The highest BCUT2D eigenvalue weighted by Gasteiger charge is 2.21. The first-order valence-electron chi connectivity index (χ1n) is 10.1. The Labute approximate surface area is 195 Å². The summed E-state index contributed by atoms with van der Waals surface area (Å²) in [6.07, 6.45) is 0.00216. The van der Waals surface area contributed by atoms with Crippen molar-refractivity contribution in [3.63, 3.8) is 0 Å². The van der Waals surface area contributed by atoms with Gasteiger partial charge in [-0.2, -0.15) is 0 Å². The molecule has 0 bridgehead atoms. The van der Waals surface area contributed by atoms with E-state index in [4.69, 9.17) is 23.2 Å². The van der Waals surface area contributed by atoms with Gasteiger partial charge in [0.25, 0.3) is 5.91 Å². The maximum atomic E-state index is 13.1. The predicted molar refractivity (Wildman–Crippen MR) is 122 cm³/mol. The molecular weight excluding hydrogens is 458 g/mol. The van der Waals surface area contributed by atoms with E-state index >= 15 is 0 Å². The molecule has 1 heterocycles. The Morgan fingerprint density at radius 1 is 0.938 bits per heavy atom. The molecule has 0 aromatic heterocycles. The van der Waals surface area contributed by atoms with Crippen LogP contribution in [0.15, 0.2) is 42.5 Å². The number of amides is 3. The zero-order valence-electron chi connectivity index (χ0n) is 17.2. The van der Waals surface area contributed by atoms with Crippen LogP contribution in [0.1, 0.15) is 16.8 Å². The van der Waals surface area contributed by atoms with Crippen LogP contribution in [0.2, 0.25) is 10.0 Å². The molecule has 0 radical (unpaired) electrons. The van der Waals surface area contributed by atoms with Gasteiger partial charge in [0, 0.05) is 49.9 Å². The van der Waals surface area contributed by atoms with E-state index in [-0.39, 0.29) is 41.9 Å². The second-order valence-corrected chi connectivity index (χ2v) is 8.09. The number of piperazine rings is 1. The number of rotatable bonds is 7. The zero-order valence-corrected chi connectivity index (χ0v) is 18.8. The van der Waals surface area contributed by atoms with Gasteiger partial charge in [-0.15, -0.1) is 0 Å². The molecule has 0 aliphatic carbocycles. The minimum absolute atomic E-state index is 0.00216. The molecule has 1 fully saturated rings. The van der Waals surface area contributed by atoms with Crippen LogP contribution in [0.3, 0.4) is 0 Å². The van der Waals surface area contributed by atoms with Gasteiger partial charge in [0.15, 0.2) is 0 Å². The third-order valence-corrected chi connectivity index (χ3v) is 5.64. The Morgan fingerprint density at radius 3 is 2.28 bits per heavy atom. The third kappa shape index (κ3) is 6.58. The first-order valence-corrected chi connectivity index (χ1v) is 10.9. The van der Waals surface area contributed by atoms with E-state index in [1.165, 1.54) is 6.07 Å². The fourth-order valence-electron chi connectivity index (χ4n) is 3.30. The number of nitrogens with zero attached hydrogens (tertiary/aromatic N) is 2. The number of hydrogen-bond donors (Lipinski definition) is 2. The predicted octanol–water partition coefficient (Wildman–Crippen LogP) is 2.72. The van der Waals surface area contributed by atoms with Crippen molar-refractivity contribution in [3.05, 3.63) is 63.9 Å². The summed E-state index contributed by atoms with van der Waals surface area (Å²) >= 11 is 11.8. The molecule has 3 rings (SSSR count). The van der Waals surface area contributed by atoms with Crippen LogP contribution in [-0.4, -0.2) is 61.9 Å². The molecular formula is C22H23Cl2FN4O3. The van der Waals surface area contributed by atoms with Gasteiger partial charge in [-0.1, -0.05) is 23.2 Å². The fourth-order valence-corrected chi connectivity index (χ4v) is 3.68. The monoisotopic (exact) mass is 480 g/mol. The number of halogens is 3. The second-order valence-electron chi connectivity index (χ2n) is 7.25. The summed E-state index contributed by atoms with van der Waals surface area (Å²) in [6.45, 7) is 2.47. The highest BCUT2D eigenvalue weighted by Crippen LogP contribution is 2.19. The van der Waals surface area contributed by atoms with Crippen molar-refractivity contribution in [1.29, 1.82) is 0 Å². The van der Waals surface area contributed by atoms with Crippen LogP contribution in [0, 0.1) is 5.82 Å². The Kier molecular flexibility index (Phi) is 8.30. The summed E-state index contributed by atoms with van der Waals surface area (Å²) in [5, 5.41) is 5.80. The average molecular weight is 481 g/mol. The topological polar surface area (TPSA) is 81.8 Å². The van der Waals surface area contributed by atoms with Crippen LogP contribution in [0.25, 0.3) is 0 Å². The molecule has 2 aromatic rings. The minimum Gasteiger partial charge on any atom is -0.368 e. The van der Waals surface area contributed by atoms with E-state index in [9.17, 15) is 18.8 Å². The summed E-state index contributed by atoms with van der Waals surface area (Å²) in [5.41, 5.74) is 1.18. The molecule has 32 heavy (non-hydrogen) atoms. The molecule has 3 amide bonds. The van der Waals surface area contributed by atoms with E-state index in [0.717, 1.165) is 17.8 Å². The Bertz CT molecular complexity index is 980. The quantitative estimate of drug-likeness (QED) is 0.638.